The largest absolute Gasteiger partial charge is 0.347 e. The van der Waals surface area contributed by atoms with Crippen molar-refractivity contribution in [1.82, 2.24) is 15.0 Å². The van der Waals surface area contributed by atoms with E-state index < -0.39 is 5.79 Å². The third-order valence-corrected chi connectivity index (χ3v) is 2.77. The third kappa shape index (κ3) is 2.37. The highest BCUT2D eigenvalue weighted by atomic mass is 16.7. The first-order chi connectivity index (χ1) is 8.69. The molecule has 0 aliphatic rings. The monoisotopic (exact) mass is 245 g/mol. The molecule has 0 N–H and O–H groups in total. The Labute approximate surface area is 106 Å². The second kappa shape index (κ2) is 5.20. The molecule has 94 valence electrons. The molecule has 0 fully saturated rings. The Kier molecular flexibility index (Phi) is 3.64. The van der Waals surface area contributed by atoms with Crippen molar-refractivity contribution in [2.24, 2.45) is 0 Å². The number of hydrogen-bond donors (Lipinski definition) is 0. The average molecular weight is 245 g/mol. The number of ether oxygens (including phenoxy) is 2. The van der Waals surface area contributed by atoms with Gasteiger partial charge in [0.1, 0.15) is 0 Å². The number of methoxy groups -OCH3 is 2. The van der Waals surface area contributed by atoms with Crippen LogP contribution >= 0.6 is 0 Å². The summed E-state index contributed by atoms with van der Waals surface area (Å²) in [6.07, 6.45) is 3.39. The van der Waals surface area contributed by atoms with Crippen LogP contribution in [0, 0.1) is 0 Å². The van der Waals surface area contributed by atoms with Gasteiger partial charge < -0.3 is 9.47 Å². The van der Waals surface area contributed by atoms with E-state index in [0.717, 1.165) is 11.4 Å². The van der Waals surface area contributed by atoms with Crippen LogP contribution in [0.25, 0.3) is 11.4 Å². The lowest BCUT2D eigenvalue weighted by Crippen LogP contribution is -2.29. The van der Waals surface area contributed by atoms with Crippen molar-refractivity contribution in [2.45, 2.75) is 12.7 Å². The lowest BCUT2D eigenvalue weighted by molar-refractivity contribution is -0.207. The lowest BCUT2D eigenvalue weighted by atomic mass is 10.2. The van der Waals surface area contributed by atoms with Crippen molar-refractivity contribution < 1.29 is 9.47 Å². The van der Waals surface area contributed by atoms with Crippen LogP contribution in [0.4, 0.5) is 0 Å². The van der Waals surface area contributed by atoms with Crippen LogP contribution in [0.2, 0.25) is 0 Å². The maximum atomic E-state index is 5.30. The molecule has 0 aliphatic heterocycles. The molecule has 5 nitrogen and oxygen atoms in total. The topological polar surface area (TPSA) is 57.1 Å². The molecule has 2 aromatic heterocycles. The van der Waals surface area contributed by atoms with Gasteiger partial charge in [-0.1, -0.05) is 6.07 Å². The lowest BCUT2D eigenvalue weighted by Gasteiger charge is -2.24. The maximum Gasteiger partial charge on any atom is 0.226 e. The van der Waals surface area contributed by atoms with Crippen molar-refractivity contribution in [1.29, 1.82) is 0 Å². The predicted octanol–water partition coefficient (Wildman–Crippen LogP) is 2.00. The molecule has 0 unspecified atom stereocenters. The van der Waals surface area contributed by atoms with Gasteiger partial charge in [0.25, 0.3) is 0 Å². The Morgan fingerprint density at radius 3 is 2.33 bits per heavy atom. The van der Waals surface area contributed by atoms with Crippen LogP contribution in [0.1, 0.15) is 12.7 Å². The Morgan fingerprint density at radius 2 is 1.72 bits per heavy atom. The number of pyridine rings is 1. The molecule has 0 radical (unpaired) electrons. The van der Waals surface area contributed by atoms with Gasteiger partial charge in [0.15, 0.2) is 5.82 Å². The first kappa shape index (κ1) is 12.6. The normalized spacial score (nSPS) is 11.5. The van der Waals surface area contributed by atoms with Crippen molar-refractivity contribution in [3.8, 4) is 11.4 Å². The summed E-state index contributed by atoms with van der Waals surface area (Å²) in [6, 6.07) is 7.47. The van der Waals surface area contributed by atoms with Crippen molar-refractivity contribution in [2.75, 3.05) is 14.2 Å². The zero-order valence-corrected chi connectivity index (χ0v) is 10.6. The van der Waals surface area contributed by atoms with Gasteiger partial charge in [-0.3, -0.25) is 4.98 Å². The molecule has 0 aromatic carbocycles. The second-order valence-electron chi connectivity index (χ2n) is 3.83. The summed E-state index contributed by atoms with van der Waals surface area (Å²) in [6.45, 7) is 1.77. The van der Waals surface area contributed by atoms with Crippen LogP contribution in [-0.4, -0.2) is 29.2 Å². The summed E-state index contributed by atoms with van der Waals surface area (Å²) in [7, 11) is 3.11. The quantitative estimate of drug-likeness (QED) is 0.771. The SMILES string of the molecule is COC(C)(OC)c1nccc(-c2ccccn2)n1. The molecule has 18 heavy (non-hydrogen) atoms. The van der Waals surface area contributed by atoms with Crippen molar-refractivity contribution >= 4 is 0 Å². The number of hydrogen-bond acceptors (Lipinski definition) is 5. The summed E-state index contributed by atoms with van der Waals surface area (Å²) in [5.41, 5.74) is 1.52. The first-order valence-electron chi connectivity index (χ1n) is 5.55. The minimum Gasteiger partial charge on any atom is -0.347 e. The van der Waals surface area contributed by atoms with Gasteiger partial charge in [-0.15, -0.1) is 0 Å². The fraction of sp³-hybridized carbons (Fsp3) is 0.308. The van der Waals surface area contributed by atoms with Gasteiger partial charge in [0, 0.05) is 26.6 Å². The van der Waals surface area contributed by atoms with E-state index in [1.807, 2.05) is 18.2 Å². The summed E-state index contributed by atoms with van der Waals surface area (Å²) < 4.78 is 10.6. The minimum absolute atomic E-state index is 0.468. The molecular weight excluding hydrogens is 230 g/mol. The van der Waals surface area contributed by atoms with E-state index in [-0.39, 0.29) is 0 Å². The molecular formula is C13H15N3O2. The van der Waals surface area contributed by atoms with Gasteiger partial charge >= 0.3 is 0 Å². The van der Waals surface area contributed by atoms with Gasteiger partial charge in [-0.2, -0.15) is 0 Å². The molecule has 0 atom stereocenters. The summed E-state index contributed by atoms with van der Waals surface area (Å²) in [5, 5.41) is 0. The molecule has 0 saturated heterocycles. The second-order valence-corrected chi connectivity index (χ2v) is 3.83. The van der Waals surface area contributed by atoms with E-state index in [1.54, 1.807) is 39.6 Å². The van der Waals surface area contributed by atoms with Crippen LogP contribution in [0.5, 0.6) is 0 Å². The molecule has 2 heterocycles. The summed E-state index contributed by atoms with van der Waals surface area (Å²) in [4.78, 5) is 12.9. The molecule has 0 saturated carbocycles. The first-order valence-corrected chi connectivity index (χ1v) is 5.55. The third-order valence-electron chi connectivity index (χ3n) is 2.77. The summed E-state index contributed by atoms with van der Waals surface area (Å²) >= 11 is 0. The average Bonchev–Trinajstić information content (AvgIpc) is 2.47. The van der Waals surface area contributed by atoms with Crippen LogP contribution in [0.15, 0.2) is 36.7 Å². The van der Waals surface area contributed by atoms with E-state index in [2.05, 4.69) is 15.0 Å². The highest BCUT2D eigenvalue weighted by Gasteiger charge is 2.29. The van der Waals surface area contributed by atoms with E-state index >= 15 is 0 Å². The smallest absolute Gasteiger partial charge is 0.226 e. The number of aromatic nitrogens is 3. The van der Waals surface area contributed by atoms with E-state index in [4.69, 9.17) is 9.47 Å². The highest BCUT2D eigenvalue weighted by molar-refractivity contribution is 5.52. The molecule has 0 spiro atoms. The highest BCUT2D eigenvalue weighted by Crippen LogP contribution is 2.23. The fourth-order valence-electron chi connectivity index (χ4n) is 1.50. The van der Waals surface area contributed by atoms with Gasteiger partial charge in [-0.05, 0) is 25.1 Å². The van der Waals surface area contributed by atoms with Gasteiger partial charge in [0.2, 0.25) is 5.79 Å². The molecule has 2 aromatic rings. The zero-order chi connectivity index (χ0) is 13.0. The molecule has 2 rings (SSSR count). The van der Waals surface area contributed by atoms with Gasteiger partial charge in [-0.25, -0.2) is 9.97 Å². The molecule has 0 aliphatic carbocycles. The van der Waals surface area contributed by atoms with Crippen molar-refractivity contribution in [3.63, 3.8) is 0 Å². The molecule has 0 amide bonds. The fourth-order valence-corrected chi connectivity index (χ4v) is 1.50. The minimum atomic E-state index is -0.954. The number of nitrogens with zero attached hydrogens (tertiary/aromatic N) is 3. The van der Waals surface area contributed by atoms with Crippen LogP contribution in [-0.2, 0) is 15.3 Å². The standard InChI is InChI=1S/C13H15N3O2/c1-13(17-2,18-3)12-15-9-7-11(16-12)10-6-4-5-8-14-10/h4-9H,1-3H3. The zero-order valence-electron chi connectivity index (χ0n) is 10.6. The molecule has 5 heteroatoms. The van der Waals surface area contributed by atoms with Crippen molar-refractivity contribution in [3.05, 3.63) is 42.5 Å². The predicted molar refractivity (Wildman–Crippen MR) is 66.6 cm³/mol. The summed E-state index contributed by atoms with van der Waals surface area (Å²) in [5.74, 6) is -0.485. The van der Waals surface area contributed by atoms with Crippen LogP contribution in [0.3, 0.4) is 0 Å². The molecule has 0 bridgehead atoms. The maximum absolute atomic E-state index is 5.30. The Bertz CT molecular complexity index is 513. The number of rotatable bonds is 4. The van der Waals surface area contributed by atoms with Crippen LogP contribution < -0.4 is 0 Å². The van der Waals surface area contributed by atoms with E-state index in [9.17, 15) is 0 Å². The Morgan fingerprint density at radius 1 is 0.944 bits per heavy atom. The van der Waals surface area contributed by atoms with E-state index in [0.29, 0.717) is 5.82 Å². The Balaban J connectivity index is 2.43. The van der Waals surface area contributed by atoms with Gasteiger partial charge in [0.05, 0.1) is 11.4 Å². The van der Waals surface area contributed by atoms with E-state index in [1.165, 1.54) is 0 Å². The Hall–Kier alpha value is -1.85.